The molecule has 7 nitrogen and oxygen atoms in total. The monoisotopic (exact) mass is 202 g/mol. The zero-order valence-electron chi connectivity index (χ0n) is 7.65. The lowest BCUT2D eigenvalue weighted by atomic mass is 10.2. The van der Waals surface area contributed by atoms with E-state index in [0.717, 1.165) is 16.6 Å². The van der Waals surface area contributed by atoms with Gasteiger partial charge in [0.2, 0.25) is 5.82 Å². The van der Waals surface area contributed by atoms with Gasteiger partial charge in [-0.25, -0.2) is 9.97 Å². The van der Waals surface area contributed by atoms with Crippen molar-refractivity contribution in [1.29, 1.82) is 0 Å². The second kappa shape index (κ2) is 2.77. The molecule has 0 unspecified atom stereocenters. The fraction of sp³-hybridized carbons (Fsp3) is 0. The number of nitrogens with zero attached hydrogens (tertiary/aromatic N) is 3. The molecule has 2 heterocycles. The summed E-state index contributed by atoms with van der Waals surface area (Å²) >= 11 is 0. The van der Waals surface area contributed by atoms with Crippen molar-refractivity contribution >= 4 is 17.0 Å². The molecular weight excluding hydrogens is 194 g/mol. The number of hydrogen-bond acceptors (Lipinski definition) is 4. The predicted molar refractivity (Wildman–Crippen MR) is 52.4 cm³/mol. The first-order chi connectivity index (χ1) is 7.33. The van der Waals surface area contributed by atoms with Crippen molar-refractivity contribution in [2.24, 2.45) is 0 Å². The van der Waals surface area contributed by atoms with Crippen LogP contribution < -0.4 is 10.7 Å². The Morgan fingerprint density at radius 3 is 3.07 bits per heavy atom. The molecule has 0 aliphatic heterocycles. The average molecular weight is 202 g/mol. The number of nitrogens with two attached hydrogens (primary N) is 1. The van der Waals surface area contributed by atoms with Crippen molar-refractivity contribution in [3.05, 3.63) is 18.2 Å². The number of H-pyrrole nitrogens is 3. The number of fused-ring (bicyclic) bond motifs is 1. The molecule has 0 bridgehead atoms. The Kier molecular flexibility index (Phi) is 1.46. The SMILES string of the molecule is Nc1[nH]c2cc(-c3nn[nH]n3)ccc2[nH+]1. The van der Waals surface area contributed by atoms with Crippen molar-refractivity contribution < 1.29 is 4.98 Å². The Morgan fingerprint density at radius 1 is 1.33 bits per heavy atom. The lowest BCUT2D eigenvalue weighted by molar-refractivity contribution is -0.325. The highest BCUT2D eigenvalue weighted by atomic mass is 15.5. The smallest absolute Gasteiger partial charge is 0.290 e. The van der Waals surface area contributed by atoms with E-state index in [-0.39, 0.29) is 0 Å². The summed E-state index contributed by atoms with van der Waals surface area (Å²) in [6, 6.07) is 5.72. The molecule has 1 aromatic carbocycles. The van der Waals surface area contributed by atoms with Gasteiger partial charge in [0.05, 0.1) is 0 Å². The van der Waals surface area contributed by atoms with Crippen LogP contribution in [-0.4, -0.2) is 25.6 Å². The van der Waals surface area contributed by atoms with Crippen molar-refractivity contribution in [3.8, 4) is 11.4 Å². The Balaban J connectivity index is 2.21. The van der Waals surface area contributed by atoms with Crippen LogP contribution in [0.3, 0.4) is 0 Å². The zero-order chi connectivity index (χ0) is 10.3. The number of tetrazole rings is 1. The summed E-state index contributed by atoms with van der Waals surface area (Å²) in [5.41, 5.74) is 8.34. The highest BCUT2D eigenvalue weighted by Gasteiger charge is 2.08. The number of rotatable bonds is 1. The zero-order valence-corrected chi connectivity index (χ0v) is 7.65. The molecule has 3 aromatic rings. The summed E-state index contributed by atoms with van der Waals surface area (Å²) in [7, 11) is 0. The lowest BCUT2D eigenvalue weighted by Crippen LogP contribution is -2.05. The van der Waals surface area contributed by atoms with Crippen LogP contribution >= 0.6 is 0 Å². The number of anilines is 1. The Morgan fingerprint density at radius 2 is 2.27 bits per heavy atom. The largest absolute Gasteiger partial charge is 0.351 e. The summed E-state index contributed by atoms with van der Waals surface area (Å²) in [6.07, 6.45) is 0. The molecule has 0 radical (unpaired) electrons. The molecule has 0 aliphatic rings. The molecule has 0 aliphatic carbocycles. The number of imidazole rings is 1. The molecular formula is C8H8N7+. The van der Waals surface area contributed by atoms with Gasteiger partial charge in [-0.3, -0.25) is 5.73 Å². The minimum atomic E-state index is 0.523. The maximum atomic E-state index is 5.60. The van der Waals surface area contributed by atoms with Crippen LogP contribution in [0.25, 0.3) is 22.4 Å². The number of aromatic amines is 3. The van der Waals surface area contributed by atoms with E-state index in [2.05, 4.69) is 30.6 Å². The molecule has 15 heavy (non-hydrogen) atoms. The molecule has 5 N–H and O–H groups in total. The molecule has 74 valence electrons. The van der Waals surface area contributed by atoms with Crippen LogP contribution in [0, 0.1) is 0 Å². The number of aromatic nitrogens is 6. The van der Waals surface area contributed by atoms with Crippen molar-refractivity contribution in [3.63, 3.8) is 0 Å². The number of benzene rings is 1. The minimum Gasteiger partial charge on any atom is -0.290 e. The predicted octanol–water partition coefficient (Wildman–Crippen LogP) is -0.256. The first kappa shape index (κ1) is 7.92. The molecule has 2 aromatic heterocycles. The highest BCUT2D eigenvalue weighted by molar-refractivity contribution is 5.78. The van der Waals surface area contributed by atoms with E-state index in [1.54, 1.807) is 0 Å². The van der Waals surface area contributed by atoms with E-state index >= 15 is 0 Å². The van der Waals surface area contributed by atoms with Gasteiger partial charge in [0.1, 0.15) is 11.0 Å². The fourth-order valence-corrected chi connectivity index (χ4v) is 1.50. The van der Waals surface area contributed by atoms with Gasteiger partial charge < -0.3 is 0 Å². The van der Waals surface area contributed by atoms with Crippen molar-refractivity contribution in [1.82, 2.24) is 25.6 Å². The van der Waals surface area contributed by atoms with Crippen molar-refractivity contribution in [2.75, 3.05) is 5.73 Å². The second-order valence-corrected chi connectivity index (χ2v) is 3.16. The van der Waals surface area contributed by atoms with Crippen LogP contribution in [0.5, 0.6) is 0 Å². The van der Waals surface area contributed by atoms with Crippen LogP contribution in [0.1, 0.15) is 0 Å². The quantitative estimate of drug-likeness (QED) is 0.505. The Bertz CT molecular complexity index is 595. The van der Waals surface area contributed by atoms with Crippen LogP contribution in [0.4, 0.5) is 5.95 Å². The Labute approximate surface area is 83.7 Å². The van der Waals surface area contributed by atoms with Gasteiger partial charge in [0.25, 0.3) is 0 Å². The maximum Gasteiger partial charge on any atom is 0.351 e. The molecule has 3 rings (SSSR count). The van der Waals surface area contributed by atoms with Crippen LogP contribution in [0.2, 0.25) is 0 Å². The van der Waals surface area contributed by atoms with E-state index in [1.165, 1.54) is 0 Å². The second-order valence-electron chi connectivity index (χ2n) is 3.16. The Hall–Kier alpha value is -2.44. The molecule has 0 atom stereocenters. The van der Waals surface area contributed by atoms with Gasteiger partial charge in [0.15, 0.2) is 0 Å². The third kappa shape index (κ3) is 1.21. The van der Waals surface area contributed by atoms with E-state index in [0.29, 0.717) is 11.8 Å². The maximum absolute atomic E-state index is 5.60. The lowest BCUT2D eigenvalue weighted by Gasteiger charge is -1.91. The number of nitrogen functional groups attached to an aromatic ring is 1. The molecule has 7 heteroatoms. The molecule has 0 saturated carbocycles. The molecule has 0 amide bonds. The molecule has 0 fully saturated rings. The first-order valence-corrected chi connectivity index (χ1v) is 4.37. The third-order valence-electron chi connectivity index (χ3n) is 2.16. The first-order valence-electron chi connectivity index (χ1n) is 4.37. The van der Waals surface area contributed by atoms with E-state index in [1.807, 2.05) is 18.2 Å². The summed E-state index contributed by atoms with van der Waals surface area (Å²) in [5, 5.41) is 13.7. The van der Waals surface area contributed by atoms with Crippen LogP contribution in [-0.2, 0) is 0 Å². The van der Waals surface area contributed by atoms with Gasteiger partial charge in [-0.15, -0.1) is 10.2 Å². The van der Waals surface area contributed by atoms with Gasteiger partial charge in [-0.2, -0.15) is 5.21 Å². The van der Waals surface area contributed by atoms with Gasteiger partial charge in [0, 0.05) is 5.56 Å². The summed E-state index contributed by atoms with van der Waals surface area (Å²) < 4.78 is 0. The average Bonchev–Trinajstić information content (AvgIpc) is 2.82. The molecule has 0 saturated heterocycles. The standard InChI is InChI=1S/C8H7N7/c9-8-10-5-2-1-4(3-6(5)11-8)7-12-14-15-13-7/h1-3H,(H3,9,10,11)(H,12,13,14,15)/p+1. The van der Waals surface area contributed by atoms with Crippen molar-refractivity contribution in [2.45, 2.75) is 0 Å². The third-order valence-corrected chi connectivity index (χ3v) is 2.16. The van der Waals surface area contributed by atoms with Gasteiger partial charge in [-0.1, -0.05) is 0 Å². The van der Waals surface area contributed by atoms with Gasteiger partial charge in [-0.05, 0) is 23.4 Å². The van der Waals surface area contributed by atoms with Crippen LogP contribution in [0.15, 0.2) is 18.2 Å². The van der Waals surface area contributed by atoms with Gasteiger partial charge >= 0.3 is 5.95 Å². The topological polar surface area (TPSA) is 110 Å². The summed E-state index contributed by atoms with van der Waals surface area (Å²) in [5.74, 6) is 1.08. The fourth-order valence-electron chi connectivity index (χ4n) is 1.50. The summed E-state index contributed by atoms with van der Waals surface area (Å²) in [4.78, 5) is 5.99. The highest BCUT2D eigenvalue weighted by Crippen LogP contribution is 2.18. The summed E-state index contributed by atoms with van der Waals surface area (Å²) in [6.45, 7) is 0. The van der Waals surface area contributed by atoms with E-state index in [9.17, 15) is 0 Å². The number of nitrogens with one attached hydrogen (secondary N) is 3. The van der Waals surface area contributed by atoms with E-state index in [4.69, 9.17) is 5.73 Å². The van der Waals surface area contributed by atoms with E-state index < -0.39 is 0 Å². The normalized spacial score (nSPS) is 10.9. The minimum absolute atomic E-state index is 0.523. The molecule has 0 spiro atoms. The number of hydrogen-bond donors (Lipinski definition) is 3.